The lowest BCUT2D eigenvalue weighted by atomic mass is 9.47. The van der Waals surface area contributed by atoms with E-state index in [0.29, 0.717) is 16.7 Å². The Balaban J connectivity index is 1.58. The molecule has 0 spiro atoms. The minimum atomic E-state index is -0.144. The SMILES string of the molecule is CC(=O)OC1CCC2(C)C(=CCC3C2CCC2(C)C(C(C)C#N)CCC32)C1. The molecular formula is C24H35NO2. The monoisotopic (exact) mass is 369 g/mol. The number of nitrogens with zero attached hydrogens (tertiary/aromatic N) is 1. The summed E-state index contributed by atoms with van der Waals surface area (Å²) in [5.41, 5.74) is 2.21. The minimum Gasteiger partial charge on any atom is -0.462 e. The van der Waals surface area contributed by atoms with E-state index in [0.717, 1.165) is 37.0 Å². The number of esters is 1. The fourth-order valence-corrected chi connectivity index (χ4v) is 7.91. The Kier molecular flexibility index (Phi) is 4.68. The lowest BCUT2D eigenvalue weighted by Crippen LogP contribution is -2.51. The third kappa shape index (κ3) is 2.86. The van der Waals surface area contributed by atoms with Gasteiger partial charge in [-0.3, -0.25) is 4.79 Å². The smallest absolute Gasteiger partial charge is 0.302 e. The molecule has 3 saturated carbocycles. The van der Waals surface area contributed by atoms with Gasteiger partial charge in [0.05, 0.1) is 6.07 Å². The summed E-state index contributed by atoms with van der Waals surface area (Å²) in [6.07, 6.45) is 12.0. The number of rotatable bonds is 2. The van der Waals surface area contributed by atoms with Crippen LogP contribution in [-0.4, -0.2) is 12.1 Å². The Morgan fingerprint density at radius 2 is 2.00 bits per heavy atom. The van der Waals surface area contributed by atoms with Gasteiger partial charge in [-0.05, 0) is 86.4 Å². The predicted octanol–water partition coefficient (Wildman–Crippen LogP) is 5.66. The van der Waals surface area contributed by atoms with E-state index in [1.54, 1.807) is 5.57 Å². The summed E-state index contributed by atoms with van der Waals surface area (Å²) in [7, 11) is 0. The number of fused-ring (bicyclic) bond motifs is 5. The molecule has 0 heterocycles. The highest BCUT2D eigenvalue weighted by Crippen LogP contribution is 2.67. The molecule has 3 fully saturated rings. The molecule has 0 aromatic heterocycles. The van der Waals surface area contributed by atoms with Gasteiger partial charge < -0.3 is 4.74 Å². The van der Waals surface area contributed by atoms with Crippen LogP contribution in [0.4, 0.5) is 0 Å². The molecule has 0 aliphatic heterocycles. The van der Waals surface area contributed by atoms with E-state index < -0.39 is 0 Å². The molecule has 4 aliphatic carbocycles. The van der Waals surface area contributed by atoms with Gasteiger partial charge in [-0.1, -0.05) is 25.5 Å². The first-order chi connectivity index (χ1) is 12.8. The van der Waals surface area contributed by atoms with E-state index in [4.69, 9.17) is 4.74 Å². The van der Waals surface area contributed by atoms with Crippen molar-refractivity contribution >= 4 is 5.97 Å². The van der Waals surface area contributed by atoms with Gasteiger partial charge in [0, 0.05) is 19.3 Å². The quantitative estimate of drug-likeness (QED) is 0.466. The van der Waals surface area contributed by atoms with Crippen molar-refractivity contribution in [3.8, 4) is 6.07 Å². The van der Waals surface area contributed by atoms with Gasteiger partial charge in [0.2, 0.25) is 0 Å². The molecule has 0 radical (unpaired) electrons. The summed E-state index contributed by atoms with van der Waals surface area (Å²) in [4.78, 5) is 11.4. The number of carbonyl (C=O) groups excluding carboxylic acids is 1. The van der Waals surface area contributed by atoms with Gasteiger partial charge >= 0.3 is 5.97 Å². The van der Waals surface area contributed by atoms with Gasteiger partial charge in [-0.2, -0.15) is 5.26 Å². The number of nitriles is 1. The fraction of sp³-hybridized carbons (Fsp3) is 0.833. The highest BCUT2D eigenvalue weighted by molar-refractivity contribution is 5.66. The molecular weight excluding hydrogens is 334 g/mol. The molecule has 0 aromatic rings. The maximum absolute atomic E-state index is 11.4. The highest BCUT2D eigenvalue weighted by Gasteiger charge is 2.59. The third-order valence-corrected chi connectivity index (χ3v) is 9.27. The van der Waals surface area contributed by atoms with Crippen LogP contribution in [0.5, 0.6) is 0 Å². The Hall–Kier alpha value is -1.30. The zero-order valence-corrected chi connectivity index (χ0v) is 17.5. The zero-order valence-electron chi connectivity index (χ0n) is 17.5. The summed E-state index contributed by atoms with van der Waals surface area (Å²) in [6.45, 7) is 8.66. The largest absolute Gasteiger partial charge is 0.462 e. The first-order valence-electron chi connectivity index (χ1n) is 11.1. The first kappa shape index (κ1) is 19.0. The van der Waals surface area contributed by atoms with Gasteiger partial charge in [-0.15, -0.1) is 0 Å². The van der Waals surface area contributed by atoms with Crippen LogP contribution in [0, 0.1) is 51.8 Å². The molecule has 0 N–H and O–H groups in total. The van der Waals surface area contributed by atoms with Crippen LogP contribution in [0.1, 0.15) is 79.1 Å². The summed E-state index contributed by atoms with van der Waals surface area (Å²) in [6, 6.07) is 2.56. The zero-order chi connectivity index (χ0) is 19.4. The van der Waals surface area contributed by atoms with Gasteiger partial charge in [-0.25, -0.2) is 0 Å². The molecule has 3 heteroatoms. The summed E-state index contributed by atoms with van der Waals surface area (Å²) in [5, 5.41) is 9.52. The molecule has 0 aromatic carbocycles. The fourth-order valence-electron chi connectivity index (χ4n) is 7.91. The van der Waals surface area contributed by atoms with Crippen molar-refractivity contribution < 1.29 is 9.53 Å². The van der Waals surface area contributed by atoms with E-state index in [1.165, 1.54) is 39.0 Å². The van der Waals surface area contributed by atoms with Crippen molar-refractivity contribution in [2.45, 2.75) is 85.2 Å². The second-order valence-corrected chi connectivity index (χ2v) is 10.4. The standard InChI is InChI=1S/C24H35NO2/c1-15(14-25)20-7-8-21-19-6-5-17-13-18(27-16(2)26)9-11-23(17,3)22(19)10-12-24(20,21)4/h5,15,18-22H,6-13H2,1-4H3. The molecule has 4 rings (SSSR count). The average Bonchev–Trinajstić information content (AvgIpc) is 2.98. The highest BCUT2D eigenvalue weighted by atomic mass is 16.5. The molecule has 148 valence electrons. The average molecular weight is 370 g/mol. The van der Waals surface area contributed by atoms with Gasteiger partial charge in [0.1, 0.15) is 6.10 Å². The molecule has 8 unspecified atom stereocenters. The topological polar surface area (TPSA) is 50.1 Å². The molecule has 8 atom stereocenters. The first-order valence-corrected chi connectivity index (χ1v) is 11.1. The van der Waals surface area contributed by atoms with E-state index in [2.05, 4.69) is 32.9 Å². The lowest BCUT2D eigenvalue weighted by molar-refractivity contribution is -0.148. The molecule has 4 aliphatic rings. The Bertz CT molecular complexity index is 691. The lowest BCUT2D eigenvalue weighted by Gasteiger charge is -2.58. The molecule has 3 nitrogen and oxygen atoms in total. The predicted molar refractivity (Wildman–Crippen MR) is 106 cm³/mol. The van der Waals surface area contributed by atoms with Crippen LogP contribution in [0.15, 0.2) is 11.6 Å². The van der Waals surface area contributed by atoms with Crippen molar-refractivity contribution in [3.63, 3.8) is 0 Å². The number of hydrogen-bond acceptors (Lipinski definition) is 3. The van der Waals surface area contributed by atoms with Crippen molar-refractivity contribution in [2.24, 2.45) is 40.4 Å². The number of carbonyl (C=O) groups is 1. The second kappa shape index (κ2) is 6.64. The van der Waals surface area contributed by atoms with Crippen molar-refractivity contribution in [1.82, 2.24) is 0 Å². The van der Waals surface area contributed by atoms with Crippen LogP contribution < -0.4 is 0 Å². The Morgan fingerprint density at radius 1 is 1.22 bits per heavy atom. The minimum absolute atomic E-state index is 0.0829. The normalized spacial score (nSPS) is 46.9. The van der Waals surface area contributed by atoms with Crippen LogP contribution in [0.2, 0.25) is 0 Å². The van der Waals surface area contributed by atoms with E-state index >= 15 is 0 Å². The van der Waals surface area contributed by atoms with Gasteiger partial charge in [0.25, 0.3) is 0 Å². The maximum Gasteiger partial charge on any atom is 0.302 e. The van der Waals surface area contributed by atoms with E-state index in [1.807, 2.05) is 0 Å². The van der Waals surface area contributed by atoms with Crippen LogP contribution >= 0.6 is 0 Å². The summed E-state index contributed by atoms with van der Waals surface area (Å²) in [5.74, 6) is 2.93. The Morgan fingerprint density at radius 3 is 2.70 bits per heavy atom. The molecule has 0 amide bonds. The van der Waals surface area contributed by atoms with Gasteiger partial charge in [0.15, 0.2) is 0 Å². The van der Waals surface area contributed by atoms with E-state index in [-0.39, 0.29) is 18.0 Å². The van der Waals surface area contributed by atoms with Crippen molar-refractivity contribution in [2.75, 3.05) is 0 Å². The number of hydrogen-bond donors (Lipinski definition) is 0. The third-order valence-electron chi connectivity index (χ3n) is 9.27. The molecule has 27 heavy (non-hydrogen) atoms. The molecule has 0 bridgehead atoms. The van der Waals surface area contributed by atoms with Crippen LogP contribution in [0.25, 0.3) is 0 Å². The van der Waals surface area contributed by atoms with Crippen LogP contribution in [-0.2, 0) is 9.53 Å². The Labute approximate surface area is 164 Å². The number of allylic oxidation sites excluding steroid dienone is 1. The maximum atomic E-state index is 11.4. The molecule has 0 saturated heterocycles. The summed E-state index contributed by atoms with van der Waals surface area (Å²) < 4.78 is 5.55. The number of ether oxygens (including phenoxy) is 1. The van der Waals surface area contributed by atoms with Crippen molar-refractivity contribution in [1.29, 1.82) is 5.26 Å². The summed E-state index contributed by atoms with van der Waals surface area (Å²) >= 11 is 0. The second-order valence-electron chi connectivity index (χ2n) is 10.4. The van der Waals surface area contributed by atoms with Crippen LogP contribution in [0.3, 0.4) is 0 Å². The van der Waals surface area contributed by atoms with Crippen molar-refractivity contribution in [3.05, 3.63) is 11.6 Å². The van der Waals surface area contributed by atoms with E-state index in [9.17, 15) is 10.1 Å².